The van der Waals surface area contributed by atoms with Crippen LogP contribution in [0.5, 0.6) is 0 Å². The number of nitrogens with one attached hydrogen (secondary N) is 1. The summed E-state index contributed by atoms with van der Waals surface area (Å²) in [5.41, 5.74) is 0.356. The third kappa shape index (κ3) is 4.37. The van der Waals surface area contributed by atoms with Gasteiger partial charge < -0.3 is 10.1 Å². The Balaban J connectivity index is 2.44. The van der Waals surface area contributed by atoms with E-state index in [9.17, 15) is 4.79 Å². The smallest absolute Gasteiger partial charge is 0.357 e. The summed E-state index contributed by atoms with van der Waals surface area (Å²) in [5, 5.41) is 5.50. The van der Waals surface area contributed by atoms with Crippen LogP contribution >= 0.6 is 33.9 Å². The lowest BCUT2D eigenvalue weighted by molar-refractivity contribution is 0.0520. The Morgan fingerprint density at radius 2 is 2.56 bits per heavy atom. The number of thiazole rings is 1. The summed E-state index contributed by atoms with van der Waals surface area (Å²) in [5.74, 6) is 2.55. The highest BCUT2D eigenvalue weighted by Crippen LogP contribution is 2.15. The molecular formula is C10H11IN2O2S. The van der Waals surface area contributed by atoms with Gasteiger partial charge in [0.15, 0.2) is 10.8 Å². The van der Waals surface area contributed by atoms with Crippen molar-refractivity contribution in [2.75, 3.05) is 18.5 Å². The SMILES string of the molecule is CCOC(=O)c1csc(NCCC#CI)n1. The third-order valence-electron chi connectivity index (χ3n) is 1.58. The number of anilines is 1. The van der Waals surface area contributed by atoms with Crippen molar-refractivity contribution < 1.29 is 9.53 Å². The maximum atomic E-state index is 11.3. The summed E-state index contributed by atoms with van der Waals surface area (Å²) in [7, 11) is 0. The molecule has 1 rings (SSSR count). The van der Waals surface area contributed by atoms with Crippen LogP contribution in [0.15, 0.2) is 5.38 Å². The van der Waals surface area contributed by atoms with Crippen LogP contribution in [0, 0.1) is 9.85 Å². The summed E-state index contributed by atoms with van der Waals surface area (Å²) in [4.78, 5) is 15.4. The third-order valence-corrected chi connectivity index (χ3v) is 2.76. The van der Waals surface area contributed by atoms with Crippen molar-refractivity contribution in [1.29, 1.82) is 0 Å². The van der Waals surface area contributed by atoms with Gasteiger partial charge >= 0.3 is 5.97 Å². The van der Waals surface area contributed by atoms with Gasteiger partial charge in [0.25, 0.3) is 0 Å². The van der Waals surface area contributed by atoms with Gasteiger partial charge in [-0.2, -0.15) is 0 Å². The minimum atomic E-state index is -0.376. The van der Waals surface area contributed by atoms with Gasteiger partial charge in [0.2, 0.25) is 0 Å². The van der Waals surface area contributed by atoms with E-state index in [-0.39, 0.29) is 5.97 Å². The Hall–Kier alpha value is -0.810. The molecule has 1 aromatic heterocycles. The summed E-state index contributed by atoms with van der Waals surface area (Å²) >= 11 is 3.39. The van der Waals surface area contributed by atoms with Gasteiger partial charge in [0, 0.05) is 40.9 Å². The minimum Gasteiger partial charge on any atom is -0.461 e. The van der Waals surface area contributed by atoms with Crippen molar-refractivity contribution in [3.63, 3.8) is 0 Å². The number of halogens is 1. The van der Waals surface area contributed by atoms with E-state index >= 15 is 0 Å². The molecule has 0 spiro atoms. The molecule has 0 aliphatic rings. The first kappa shape index (κ1) is 13.3. The monoisotopic (exact) mass is 350 g/mol. The second kappa shape index (κ2) is 7.46. The fourth-order valence-corrected chi connectivity index (χ4v) is 1.91. The van der Waals surface area contributed by atoms with E-state index in [0.29, 0.717) is 12.3 Å². The lowest BCUT2D eigenvalue weighted by Crippen LogP contribution is -2.06. The Morgan fingerprint density at radius 3 is 3.25 bits per heavy atom. The van der Waals surface area contributed by atoms with Crippen LogP contribution in [0.3, 0.4) is 0 Å². The van der Waals surface area contributed by atoms with E-state index in [1.165, 1.54) is 11.3 Å². The number of carbonyl (C=O) groups is 1. The Labute approximate surface area is 112 Å². The van der Waals surface area contributed by atoms with Crippen LogP contribution in [-0.2, 0) is 4.74 Å². The standard InChI is InChI=1S/C10H11IN2O2S/c1-2-15-9(14)8-7-16-10(13-8)12-6-4-3-5-11/h7H,2,4,6H2,1H3,(H,12,13). The highest BCUT2D eigenvalue weighted by Gasteiger charge is 2.10. The predicted octanol–water partition coefficient (Wildman–Crippen LogP) is 2.52. The maximum absolute atomic E-state index is 11.3. The van der Waals surface area contributed by atoms with Crippen LogP contribution in [0.25, 0.3) is 0 Å². The van der Waals surface area contributed by atoms with Crippen LogP contribution in [0.4, 0.5) is 5.13 Å². The molecule has 0 radical (unpaired) electrons. The second-order valence-electron chi connectivity index (χ2n) is 2.71. The average molecular weight is 350 g/mol. The zero-order valence-electron chi connectivity index (χ0n) is 8.75. The summed E-state index contributed by atoms with van der Waals surface area (Å²) in [6.45, 7) is 2.86. The highest BCUT2D eigenvalue weighted by atomic mass is 127. The molecular weight excluding hydrogens is 339 g/mol. The molecule has 86 valence electrons. The minimum absolute atomic E-state index is 0.356. The van der Waals surface area contributed by atoms with E-state index in [4.69, 9.17) is 4.74 Å². The first-order valence-corrected chi connectivity index (χ1v) is 6.68. The van der Waals surface area contributed by atoms with Crippen molar-refractivity contribution in [3.05, 3.63) is 11.1 Å². The number of carbonyl (C=O) groups excluding carboxylic acids is 1. The zero-order valence-corrected chi connectivity index (χ0v) is 11.7. The molecule has 0 fully saturated rings. The Kier molecular flexibility index (Phi) is 6.18. The van der Waals surface area contributed by atoms with Crippen molar-refractivity contribution in [3.8, 4) is 9.85 Å². The average Bonchev–Trinajstić information content (AvgIpc) is 2.73. The molecule has 0 bridgehead atoms. The Bertz CT molecular complexity index is 408. The second-order valence-corrected chi connectivity index (χ2v) is 4.10. The molecule has 0 unspecified atom stereocenters. The van der Waals surface area contributed by atoms with Crippen LogP contribution in [0.2, 0.25) is 0 Å². The molecule has 0 saturated carbocycles. The normalized spacial score (nSPS) is 9.12. The fourth-order valence-electron chi connectivity index (χ4n) is 0.933. The lowest BCUT2D eigenvalue weighted by atomic mass is 10.4. The van der Waals surface area contributed by atoms with Crippen molar-refractivity contribution in [2.24, 2.45) is 0 Å². The molecule has 0 aliphatic heterocycles. The maximum Gasteiger partial charge on any atom is 0.357 e. The van der Waals surface area contributed by atoms with E-state index < -0.39 is 0 Å². The number of aromatic nitrogens is 1. The van der Waals surface area contributed by atoms with Gasteiger partial charge in [-0.05, 0) is 10.9 Å². The van der Waals surface area contributed by atoms with Crippen LogP contribution in [-0.4, -0.2) is 24.1 Å². The van der Waals surface area contributed by atoms with Crippen molar-refractivity contribution >= 4 is 45.0 Å². The first-order chi connectivity index (χ1) is 7.77. The van der Waals surface area contributed by atoms with E-state index in [1.54, 1.807) is 12.3 Å². The predicted molar refractivity (Wildman–Crippen MR) is 73.0 cm³/mol. The highest BCUT2D eigenvalue weighted by molar-refractivity contribution is 14.1. The molecule has 6 heteroatoms. The zero-order chi connectivity index (χ0) is 11.8. The number of rotatable bonds is 5. The number of hydrogen-bond acceptors (Lipinski definition) is 5. The molecule has 0 aromatic carbocycles. The number of esters is 1. The van der Waals surface area contributed by atoms with Gasteiger partial charge in [0.05, 0.1) is 6.61 Å². The molecule has 16 heavy (non-hydrogen) atoms. The van der Waals surface area contributed by atoms with Gasteiger partial charge in [-0.25, -0.2) is 9.78 Å². The van der Waals surface area contributed by atoms with Gasteiger partial charge in [-0.1, -0.05) is 5.92 Å². The summed E-state index contributed by atoms with van der Waals surface area (Å²) < 4.78 is 7.62. The Morgan fingerprint density at radius 1 is 1.75 bits per heavy atom. The number of hydrogen-bond donors (Lipinski definition) is 1. The van der Waals surface area contributed by atoms with Gasteiger partial charge in [-0.15, -0.1) is 11.3 Å². The van der Waals surface area contributed by atoms with E-state index in [2.05, 4.69) is 20.1 Å². The molecule has 1 aromatic rings. The first-order valence-electron chi connectivity index (χ1n) is 4.73. The van der Waals surface area contributed by atoms with E-state index in [1.807, 2.05) is 22.6 Å². The topological polar surface area (TPSA) is 51.2 Å². The molecule has 0 atom stereocenters. The molecule has 0 aliphatic carbocycles. The largest absolute Gasteiger partial charge is 0.461 e. The quantitative estimate of drug-likeness (QED) is 0.384. The lowest BCUT2D eigenvalue weighted by Gasteiger charge is -1.98. The van der Waals surface area contributed by atoms with Gasteiger partial charge in [0.1, 0.15) is 0 Å². The van der Waals surface area contributed by atoms with Crippen LogP contribution < -0.4 is 5.32 Å². The molecule has 1 heterocycles. The summed E-state index contributed by atoms with van der Waals surface area (Å²) in [6, 6.07) is 0. The van der Waals surface area contributed by atoms with Crippen LogP contribution in [0.1, 0.15) is 23.8 Å². The molecule has 1 N–H and O–H groups in total. The number of ether oxygens (including phenoxy) is 1. The van der Waals surface area contributed by atoms with E-state index in [0.717, 1.165) is 18.1 Å². The van der Waals surface area contributed by atoms with Crippen molar-refractivity contribution in [2.45, 2.75) is 13.3 Å². The number of nitrogens with zero attached hydrogens (tertiary/aromatic N) is 1. The fraction of sp³-hybridized carbons (Fsp3) is 0.400. The molecule has 0 saturated heterocycles. The molecule has 4 nitrogen and oxygen atoms in total. The van der Waals surface area contributed by atoms with Gasteiger partial charge in [-0.3, -0.25) is 0 Å². The van der Waals surface area contributed by atoms with Crippen molar-refractivity contribution in [1.82, 2.24) is 4.98 Å². The summed E-state index contributed by atoms with van der Waals surface area (Å²) in [6.07, 6.45) is 0.761. The molecule has 0 amide bonds.